The number of rotatable bonds is 6. The second kappa shape index (κ2) is 9.94. The molecule has 0 fully saturated rings. The van der Waals surface area contributed by atoms with E-state index < -0.39 is 22.8 Å². The molecule has 8 nitrogen and oxygen atoms in total. The van der Waals surface area contributed by atoms with Gasteiger partial charge in [-0.3, -0.25) is 19.3 Å². The van der Waals surface area contributed by atoms with Crippen LogP contribution in [0.5, 0.6) is 0 Å². The number of hydrogen-bond acceptors (Lipinski definition) is 8. The molecule has 0 N–H and O–H groups in total. The molecule has 2 aromatic heterocycles. The van der Waals surface area contributed by atoms with Crippen molar-refractivity contribution in [1.29, 1.82) is 0 Å². The van der Waals surface area contributed by atoms with E-state index in [2.05, 4.69) is 16.8 Å². The summed E-state index contributed by atoms with van der Waals surface area (Å²) in [5.74, 6) is -0.740. The van der Waals surface area contributed by atoms with Crippen LogP contribution in [0.2, 0.25) is 5.02 Å². The number of aryl methyl sites for hydroxylation is 1. The number of fused-ring (bicyclic) bond motifs is 5. The first-order chi connectivity index (χ1) is 20.4. The predicted octanol–water partition coefficient (Wildman–Crippen LogP) is 6.34. The SMILES string of the molecule is C=CCN1C(=O)C2(c3ccccc31)c1c(oc3ccc(C)cc3c1=O)C(=O)N2c1nnc(SCc2ccccc2Cl)s1. The number of anilines is 2. The lowest BCUT2D eigenvalue weighted by atomic mass is 9.84. The van der Waals surface area contributed by atoms with Crippen LogP contribution >= 0.6 is 34.7 Å². The Morgan fingerprint density at radius 2 is 1.86 bits per heavy atom. The first-order valence-electron chi connectivity index (χ1n) is 13.0. The van der Waals surface area contributed by atoms with Crippen LogP contribution in [0.1, 0.15) is 32.8 Å². The van der Waals surface area contributed by atoms with Crippen molar-refractivity contribution in [2.45, 2.75) is 22.6 Å². The van der Waals surface area contributed by atoms with E-state index in [1.165, 1.54) is 21.6 Å². The monoisotopic (exact) mass is 612 g/mol. The molecule has 0 aliphatic carbocycles. The van der Waals surface area contributed by atoms with Crippen LogP contribution in [0, 0.1) is 6.92 Å². The normalized spacial score (nSPS) is 17.4. The zero-order valence-corrected chi connectivity index (χ0v) is 24.6. The number of carbonyl (C=O) groups excluding carboxylic acids is 2. The summed E-state index contributed by atoms with van der Waals surface area (Å²) in [4.78, 5) is 46.0. The summed E-state index contributed by atoms with van der Waals surface area (Å²) >= 11 is 8.91. The lowest BCUT2D eigenvalue weighted by molar-refractivity contribution is -0.121. The molecule has 3 aromatic carbocycles. The molecular formula is C31H21ClN4O4S2. The molecule has 2 amide bonds. The van der Waals surface area contributed by atoms with Gasteiger partial charge in [0.25, 0.3) is 11.8 Å². The van der Waals surface area contributed by atoms with Gasteiger partial charge in [-0.15, -0.1) is 16.8 Å². The van der Waals surface area contributed by atoms with E-state index >= 15 is 0 Å². The van der Waals surface area contributed by atoms with Gasteiger partial charge >= 0.3 is 0 Å². The Balaban J connectivity index is 1.44. The number of nitrogens with zero attached hydrogens (tertiary/aromatic N) is 4. The minimum Gasteiger partial charge on any atom is -0.450 e. The van der Waals surface area contributed by atoms with Crippen LogP contribution in [0.3, 0.4) is 0 Å². The summed E-state index contributed by atoms with van der Waals surface area (Å²) in [6.45, 7) is 5.87. The predicted molar refractivity (Wildman–Crippen MR) is 165 cm³/mol. The first kappa shape index (κ1) is 26.6. The zero-order valence-electron chi connectivity index (χ0n) is 22.2. The third-order valence-corrected chi connectivity index (χ3v) is 9.95. The van der Waals surface area contributed by atoms with Gasteiger partial charge in [0.05, 0.1) is 16.6 Å². The highest BCUT2D eigenvalue weighted by molar-refractivity contribution is 8.00. The highest BCUT2D eigenvalue weighted by Crippen LogP contribution is 2.54. The lowest BCUT2D eigenvalue weighted by Gasteiger charge is -2.31. The van der Waals surface area contributed by atoms with E-state index in [1.807, 2.05) is 37.3 Å². The molecule has 1 spiro atoms. The molecule has 208 valence electrons. The van der Waals surface area contributed by atoms with E-state index in [0.29, 0.717) is 31.8 Å². The summed E-state index contributed by atoms with van der Waals surface area (Å²) in [5, 5.41) is 9.80. The number of para-hydroxylation sites is 1. The highest BCUT2D eigenvalue weighted by atomic mass is 35.5. The Morgan fingerprint density at radius 1 is 1.07 bits per heavy atom. The second-order valence-electron chi connectivity index (χ2n) is 9.94. The molecule has 0 saturated heterocycles. The van der Waals surface area contributed by atoms with E-state index in [-0.39, 0.29) is 28.6 Å². The van der Waals surface area contributed by atoms with Gasteiger partial charge in [0, 0.05) is 22.9 Å². The van der Waals surface area contributed by atoms with Crippen molar-refractivity contribution in [3.63, 3.8) is 0 Å². The van der Waals surface area contributed by atoms with E-state index in [1.54, 1.807) is 42.5 Å². The largest absolute Gasteiger partial charge is 0.450 e. The Hall–Kier alpha value is -4.25. The van der Waals surface area contributed by atoms with Gasteiger partial charge in [-0.25, -0.2) is 0 Å². The van der Waals surface area contributed by atoms with Crippen molar-refractivity contribution < 1.29 is 14.0 Å². The molecule has 11 heteroatoms. The van der Waals surface area contributed by atoms with Gasteiger partial charge in [-0.05, 0) is 36.8 Å². The number of halogens is 1. The Labute approximate surface area is 253 Å². The summed E-state index contributed by atoms with van der Waals surface area (Å²) in [5.41, 5.74) is 0.833. The van der Waals surface area contributed by atoms with Crippen molar-refractivity contribution in [3.8, 4) is 0 Å². The summed E-state index contributed by atoms with van der Waals surface area (Å²) in [6, 6.07) is 19.9. The average molecular weight is 613 g/mol. The molecule has 2 aliphatic rings. The standard InChI is InChI=1S/C31H21ClN4O4S2/c1-3-14-35-22-11-7-5-9-20(22)31(28(35)39)24-25(37)19-15-17(2)12-13-23(19)40-26(24)27(38)36(31)29-33-34-30(42-29)41-16-18-8-4-6-10-21(18)32/h3-13,15H,1,14,16H2,2H3. The summed E-state index contributed by atoms with van der Waals surface area (Å²) in [6.07, 6.45) is 1.61. The fourth-order valence-corrected chi connectivity index (χ4v) is 7.87. The number of hydrogen-bond donors (Lipinski definition) is 0. The van der Waals surface area contributed by atoms with Crippen molar-refractivity contribution in [2.24, 2.45) is 0 Å². The minimum absolute atomic E-state index is 0.0184. The Morgan fingerprint density at radius 3 is 2.67 bits per heavy atom. The molecular weight excluding hydrogens is 592 g/mol. The van der Waals surface area contributed by atoms with Crippen molar-refractivity contribution in [1.82, 2.24) is 10.2 Å². The van der Waals surface area contributed by atoms with Gasteiger partial charge in [-0.1, -0.05) is 88.8 Å². The lowest BCUT2D eigenvalue weighted by Crippen LogP contribution is -2.53. The molecule has 0 saturated carbocycles. The van der Waals surface area contributed by atoms with E-state index in [9.17, 15) is 14.4 Å². The number of benzene rings is 3. The molecule has 42 heavy (non-hydrogen) atoms. The third-order valence-electron chi connectivity index (χ3n) is 7.49. The maximum atomic E-state index is 14.6. The van der Waals surface area contributed by atoms with Crippen molar-refractivity contribution >= 4 is 68.3 Å². The number of aromatic nitrogens is 2. The Kier molecular flexibility index (Phi) is 6.30. The highest BCUT2D eigenvalue weighted by Gasteiger charge is 2.66. The van der Waals surface area contributed by atoms with E-state index in [0.717, 1.165) is 22.5 Å². The van der Waals surface area contributed by atoms with Crippen LogP contribution in [0.25, 0.3) is 11.0 Å². The number of amides is 2. The fraction of sp³-hybridized carbons (Fsp3) is 0.129. The molecule has 4 heterocycles. The summed E-state index contributed by atoms with van der Waals surface area (Å²) < 4.78 is 6.70. The molecule has 1 unspecified atom stereocenters. The third kappa shape index (κ3) is 3.72. The van der Waals surface area contributed by atoms with Crippen LogP contribution in [-0.4, -0.2) is 28.6 Å². The maximum absolute atomic E-state index is 14.6. The minimum atomic E-state index is -1.82. The molecule has 5 aromatic rings. The van der Waals surface area contributed by atoms with Crippen LogP contribution < -0.4 is 15.2 Å². The van der Waals surface area contributed by atoms with Crippen molar-refractivity contribution in [2.75, 3.05) is 16.3 Å². The average Bonchev–Trinajstić information content (AvgIpc) is 3.63. The molecule has 7 rings (SSSR count). The fourth-order valence-electron chi connectivity index (χ4n) is 5.69. The van der Waals surface area contributed by atoms with Gasteiger partial charge in [0.15, 0.2) is 15.3 Å². The topological polar surface area (TPSA) is 96.6 Å². The molecule has 1 atom stereocenters. The summed E-state index contributed by atoms with van der Waals surface area (Å²) in [7, 11) is 0. The number of thioether (sulfide) groups is 1. The van der Waals surface area contributed by atoms with Gasteiger partial charge in [-0.2, -0.15) is 0 Å². The van der Waals surface area contributed by atoms with Crippen LogP contribution in [0.15, 0.2) is 92.9 Å². The molecule has 2 aliphatic heterocycles. The Bertz CT molecular complexity index is 2020. The zero-order chi connectivity index (χ0) is 29.2. The van der Waals surface area contributed by atoms with Gasteiger partial charge < -0.3 is 9.32 Å². The maximum Gasteiger partial charge on any atom is 0.297 e. The van der Waals surface area contributed by atoms with Crippen LogP contribution in [-0.2, 0) is 16.1 Å². The number of carbonyl (C=O) groups is 2. The van der Waals surface area contributed by atoms with Crippen LogP contribution in [0.4, 0.5) is 10.8 Å². The smallest absolute Gasteiger partial charge is 0.297 e. The van der Waals surface area contributed by atoms with Gasteiger partial charge in [0.1, 0.15) is 5.58 Å². The second-order valence-corrected chi connectivity index (χ2v) is 12.5. The molecule has 0 radical (unpaired) electrons. The van der Waals surface area contributed by atoms with Gasteiger partial charge in [0.2, 0.25) is 10.9 Å². The quantitative estimate of drug-likeness (QED) is 0.125. The first-order valence-corrected chi connectivity index (χ1v) is 15.2. The van der Waals surface area contributed by atoms with Crippen molar-refractivity contribution in [3.05, 3.63) is 123 Å². The van der Waals surface area contributed by atoms with E-state index in [4.69, 9.17) is 16.0 Å². The molecule has 0 bridgehead atoms.